The number of anilines is 2. The third-order valence-corrected chi connectivity index (χ3v) is 5.09. The normalized spacial score (nSPS) is 10.7. The molecule has 6 nitrogen and oxygen atoms in total. The number of nitrogens with one attached hydrogen (secondary N) is 2. The molecule has 0 saturated heterocycles. The molecular weight excluding hydrogens is 400 g/mol. The average Bonchev–Trinajstić information content (AvgIpc) is 2.81. The number of nitrogens with zero attached hydrogens (tertiary/aromatic N) is 2. The Morgan fingerprint density at radius 3 is 2.19 bits per heavy atom. The van der Waals surface area contributed by atoms with Gasteiger partial charge in [0.05, 0.1) is 6.21 Å². The van der Waals surface area contributed by atoms with Gasteiger partial charge in [-0.1, -0.05) is 29.8 Å². The maximum Gasteiger partial charge on any atom is 0.271 e. The maximum atomic E-state index is 12.3. The third-order valence-electron chi connectivity index (χ3n) is 5.09. The number of hydrogen-bond acceptors (Lipinski definition) is 4. The van der Waals surface area contributed by atoms with Gasteiger partial charge in [0.25, 0.3) is 11.8 Å². The van der Waals surface area contributed by atoms with Crippen LogP contribution in [-0.2, 0) is 0 Å². The average molecular weight is 429 g/mol. The zero-order chi connectivity index (χ0) is 22.9. The second-order valence-corrected chi connectivity index (χ2v) is 7.36. The Bertz CT molecular complexity index is 1090. The molecule has 0 aromatic heterocycles. The highest BCUT2D eigenvalue weighted by molar-refractivity contribution is 6.04. The van der Waals surface area contributed by atoms with Crippen LogP contribution >= 0.6 is 0 Å². The highest BCUT2D eigenvalue weighted by Gasteiger charge is 2.08. The highest BCUT2D eigenvalue weighted by atomic mass is 16.2. The summed E-state index contributed by atoms with van der Waals surface area (Å²) in [7, 11) is 0. The molecule has 0 spiro atoms. The lowest BCUT2D eigenvalue weighted by Crippen LogP contribution is -2.21. The molecule has 2 N–H and O–H groups in total. The van der Waals surface area contributed by atoms with Crippen LogP contribution in [0.4, 0.5) is 11.4 Å². The molecular formula is C26H28N4O2. The standard InChI is InChI=1S/C26H28N4O2/c1-4-30(5-2)24-15-9-20(10-16-24)18-27-29-26(32)21-11-13-23(14-12-21)28-25(31)22-8-6-7-19(3)17-22/h6-18H,4-5H2,1-3H3,(H,28,31)(H,29,32)/b27-18+. The van der Waals surface area contributed by atoms with E-state index in [0.717, 1.165) is 29.9 Å². The predicted octanol–water partition coefficient (Wildman–Crippen LogP) is 4.86. The highest BCUT2D eigenvalue weighted by Crippen LogP contribution is 2.14. The van der Waals surface area contributed by atoms with E-state index in [2.05, 4.69) is 34.6 Å². The van der Waals surface area contributed by atoms with E-state index >= 15 is 0 Å². The van der Waals surface area contributed by atoms with Gasteiger partial charge in [-0.3, -0.25) is 9.59 Å². The molecule has 0 fully saturated rings. The van der Waals surface area contributed by atoms with Crippen LogP contribution in [0.2, 0.25) is 0 Å². The van der Waals surface area contributed by atoms with Crippen LogP contribution in [0, 0.1) is 6.92 Å². The summed E-state index contributed by atoms with van der Waals surface area (Å²) in [5.41, 5.74) is 7.26. The topological polar surface area (TPSA) is 73.8 Å². The van der Waals surface area contributed by atoms with Gasteiger partial charge in [-0.15, -0.1) is 0 Å². The number of hydrazone groups is 1. The molecule has 164 valence electrons. The van der Waals surface area contributed by atoms with E-state index in [1.165, 1.54) is 0 Å². The smallest absolute Gasteiger partial charge is 0.271 e. The van der Waals surface area contributed by atoms with E-state index in [0.29, 0.717) is 16.8 Å². The number of amides is 2. The molecule has 0 bridgehead atoms. The van der Waals surface area contributed by atoms with E-state index < -0.39 is 0 Å². The van der Waals surface area contributed by atoms with Gasteiger partial charge in [0.15, 0.2) is 0 Å². The number of carbonyl (C=O) groups excluding carboxylic acids is 2. The molecule has 0 unspecified atom stereocenters. The van der Waals surface area contributed by atoms with Gasteiger partial charge in [0.2, 0.25) is 0 Å². The van der Waals surface area contributed by atoms with Gasteiger partial charge in [0, 0.05) is 35.6 Å². The molecule has 3 aromatic carbocycles. The van der Waals surface area contributed by atoms with Crippen molar-refractivity contribution in [1.82, 2.24) is 5.43 Å². The fraction of sp³-hybridized carbons (Fsp3) is 0.192. The van der Waals surface area contributed by atoms with Crippen molar-refractivity contribution in [1.29, 1.82) is 0 Å². The van der Waals surface area contributed by atoms with Gasteiger partial charge in [-0.05, 0) is 74.9 Å². The predicted molar refractivity (Wildman–Crippen MR) is 131 cm³/mol. The molecule has 3 aromatic rings. The Labute approximate surface area is 189 Å². The summed E-state index contributed by atoms with van der Waals surface area (Å²) in [4.78, 5) is 26.9. The van der Waals surface area contributed by atoms with Crippen LogP contribution in [0.5, 0.6) is 0 Å². The van der Waals surface area contributed by atoms with E-state index in [1.807, 2.05) is 49.4 Å². The molecule has 32 heavy (non-hydrogen) atoms. The van der Waals surface area contributed by atoms with Crippen molar-refractivity contribution in [2.75, 3.05) is 23.3 Å². The first-order valence-corrected chi connectivity index (χ1v) is 10.7. The van der Waals surface area contributed by atoms with Gasteiger partial charge in [-0.25, -0.2) is 5.43 Å². The minimum atomic E-state index is -0.322. The fourth-order valence-corrected chi connectivity index (χ4v) is 3.28. The van der Waals surface area contributed by atoms with Gasteiger partial charge >= 0.3 is 0 Å². The van der Waals surface area contributed by atoms with Gasteiger partial charge in [0.1, 0.15) is 0 Å². The second-order valence-electron chi connectivity index (χ2n) is 7.36. The molecule has 0 aliphatic heterocycles. The monoisotopic (exact) mass is 428 g/mol. The lowest BCUT2D eigenvalue weighted by Gasteiger charge is -2.20. The fourth-order valence-electron chi connectivity index (χ4n) is 3.28. The van der Waals surface area contributed by atoms with Crippen LogP contribution in [-0.4, -0.2) is 31.1 Å². The molecule has 0 aliphatic carbocycles. The lowest BCUT2D eigenvalue weighted by molar-refractivity contribution is 0.0954. The van der Waals surface area contributed by atoms with Crippen molar-refractivity contribution in [3.05, 3.63) is 95.1 Å². The first-order valence-electron chi connectivity index (χ1n) is 10.7. The minimum Gasteiger partial charge on any atom is -0.372 e. The summed E-state index contributed by atoms with van der Waals surface area (Å²) in [6.45, 7) is 8.09. The summed E-state index contributed by atoms with van der Waals surface area (Å²) >= 11 is 0. The van der Waals surface area contributed by atoms with Crippen LogP contribution in [0.3, 0.4) is 0 Å². The summed E-state index contributed by atoms with van der Waals surface area (Å²) < 4.78 is 0. The molecule has 3 rings (SSSR count). The van der Waals surface area contributed by atoms with Crippen LogP contribution in [0.1, 0.15) is 45.7 Å². The molecule has 0 atom stereocenters. The summed E-state index contributed by atoms with van der Waals surface area (Å²) in [6.07, 6.45) is 1.61. The Morgan fingerprint density at radius 2 is 1.56 bits per heavy atom. The minimum absolute atomic E-state index is 0.192. The number of hydrogen-bond donors (Lipinski definition) is 2. The van der Waals surface area contributed by atoms with E-state index in [4.69, 9.17) is 0 Å². The SMILES string of the molecule is CCN(CC)c1ccc(/C=N/NC(=O)c2ccc(NC(=O)c3cccc(C)c3)cc2)cc1. The molecule has 0 radical (unpaired) electrons. The van der Waals surface area contributed by atoms with Crippen molar-refractivity contribution < 1.29 is 9.59 Å². The van der Waals surface area contributed by atoms with Crippen molar-refractivity contribution in [2.45, 2.75) is 20.8 Å². The van der Waals surface area contributed by atoms with Crippen molar-refractivity contribution in [3.8, 4) is 0 Å². The maximum absolute atomic E-state index is 12.3. The Balaban J connectivity index is 1.55. The van der Waals surface area contributed by atoms with Gasteiger partial charge < -0.3 is 10.2 Å². The quantitative estimate of drug-likeness (QED) is 0.398. The first-order chi connectivity index (χ1) is 15.5. The van der Waals surface area contributed by atoms with Crippen LogP contribution < -0.4 is 15.6 Å². The summed E-state index contributed by atoms with van der Waals surface area (Å²) in [5, 5.41) is 6.88. The summed E-state index contributed by atoms with van der Waals surface area (Å²) in [5.74, 6) is -0.514. The molecule has 0 aliphatic rings. The number of aryl methyl sites for hydroxylation is 1. The second kappa shape index (κ2) is 10.9. The zero-order valence-corrected chi connectivity index (χ0v) is 18.6. The Morgan fingerprint density at radius 1 is 0.875 bits per heavy atom. The van der Waals surface area contributed by atoms with Gasteiger partial charge in [-0.2, -0.15) is 5.10 Å². The van der Waals surface area contributed by atoms with Crippen molar-refractivity contribution in [2.24, 2.45) is 5.10 Å². The molecule has 2 amide bonds. The Hall–Kier alpha value is -3.93. The van der Waals surface area contributed by atoms with E-state index in [-0.39, 0.29) is 11.8 Å². The van der Waals surface area contributed by atoms with Crippen LogP contribution in [0.15, 0.2) is 77.9 Å². The van der Waals surface area contributed by atoms with Crippen molar-refractivity contribution in [3.63, 3.8) is 0 Å². The third kappa shape index (κ3) is 6.04. The molecule has 0 saturated carbocycles. The lowest BCUT2D eigenvalue weighted by atomic mass is 10.1. The van der Waals surface area contributed by atoms with E-state index in [9.17, 15) is 9.59 Å². The number of rotatable bonds is 8. The number of carbonyl (C=O) groups is 2. The molecule has 0 heterocycles. The summed E-state index contributed by atoms with van der Waals surface area (Å²) in [6, 6.07) is 22.1. The van der Waals surface area contributed by atoms with E-state index in [1.54, 1.807) is 36.5 Å². The van der Waals surface area contributed by atoms with Crippen LogP contribution in [0.25, 0.3) is 0 Å². The number of benzene rings is 3. The Kier molecular flexibility index (Phi) is 7.75. The largest absolute Gasteiger partial charge is 0.372 e. The first kappa shape index (κ1) is 22.7. The molecule has 6 heteroatoms. The zero-order valence-electron chi connectivity index (χ0n) is 18.6. The van der Waals surface area contributed by atoms with Crippen molar-refractivity contribution >= 4 is 29.4 Å².